The van der Waals surface area contributed by atoms with E-state index < -0.39 is 21.6 Å². The van der Waals surface area contributed by atoms with Crippen molar-refractivity contribution < 1.29 is 17.9 Å². The molecule has 2 N–H and O–H groups in total. The number of nitrogens with one attached hydrogen (secondary N) is 1. The number of nitrogens with zero attached hydrogens (tertiary/aromatic N) is 3. The Bertz CT molecular complexity index is 832. The Morgan fingerprint density at radius 3 is 2.70 bits per heavy atom. The van der Waals surface area contributed by atoms with Crippen molar-refractivity contribution in [2.24, 2.45) is 0 Å². The van der Waals surface area contributed by atoms with Gasteiger partial charge in [0.2, 0.25) is 10.0 Å². The van der Waals surface area contributed by atoms with E-state index in [2.05, 4.69) is 31.2 Å². The fraction of sp³-hybridized carbons (Fsp3) is 0.231. The Morgan fingerprint density at radius 1 is 1.43 bits per heavy atom. The fourth-order valence-corrected chi connectivity index (χ4v) is 3.27. The van der Waals surface area contributed by atoms with E-state index in [0.717, 1.165) is 22.7 Å². The lowest BCUT2D eigenvalue weighted by molar-refractivity contribution is 0.433. The highest BCUT2D eigenvalue weighted by Crippen LogP contribution is 2.36. The number of phenols is 1. The zero-order valence-electron chi connectivity index (χ0n) is 12.3. The Balaban J connectivity index is 2.58. The molecule has 1 aromatic carbocycles. The monoisotopic (exact) mass is 404 g/mol. The van der Waals surface area contributed by atoms with Gasteiger partial charge in [-0.2, -0.15) is 0 Å². The standard InChI is InChI=1S/C13H14BrFN4O3S/c1-3-19(23(2,21)22)11-5-12(20)9(15)4-10(11)18-13-8(14)6-16-7-17-13/h4-7,20H,3H2,1-2H3,(H,16,17,18). The van der Waals surface area contributed by atoms with Crippen molar-refractivity contribution in [2.45, 2.75) is 6.92 Å². The van der Waals surface area contributed by atoms with Gasteiger partial charge in [0.1, 0.15) is 12.1 Å². The van der Waals surface area contributed by atoms with E-state index in [0.29, 0.717) is 10.3 Å². The minimum Gasteiger partial charge on any atom is -0.505 e. The number of phenolic OH excluding ortho intramolecular Hbond substituents is 1. The number of hydrogen-bond acceptors (Lipinski definition) is 6. The highest BCUT2D eigenvalue weighted by molar-refractivity contribution is 9.10. The number of hydrogen-bond donors (Lipinski definition) is 2. The predicted octanol–water partition coefficient (Wildman–Crippen LogP) is 2.61. The quantitative estimate of drug-likeness (QED) is 0.743. The summed E-state index contributed by atoms with van der Waals surface area (Å²) in [4.78, 5) is 7.80. The second kappa shape index (κ2) is 6.67. The number of sulfonamides is 1. The number of benzene rings is 1. The maximum atomic E-state index is 13.7. The summed E-state index contributed by atoms with van der Waals surface area (Å²) in [7, 11) is -3.61. The Labute approximate surface area is 141 Å². The molecule has 0 saturated carbocycles. The molecular formula is C13H14BrFN4O3S. The van der Waals surface area contributed by atoms with E-state index in [-0.39, 0.29) is 17.9 Å². The van der Waals surface area contributed by atoms with Crippen LogP contribution in [0, 0.1) is 5.82 Å². The lowest BCUT2D eigenvalue weighted by Crippen LogP contribution is -2.30. The van der Waals surface area contributed by atoms with Crippen LogP contribution >= 0.6 is 15.9 Å². The first kappa shape index (κ1) is 17.4. The van der Waals surface area contributed by atoms with Crippen LogP contribution in [0.25, 0.3) is 0 Å². The molecule has 0 saturated heterocycles. The largest absolute Gasteiger partial charge is 0.505 e. The van der Waals surface area contributed by atoms with Crippen LogP contribution in [0.4, 0.5) is 21.6 Å². The van der Waals surface area contributed by atoms with Gasteiger partial charge in [-0.05, 0) is 22.9 Å². The summed E-state index contributed by atoms with van der Waals surface area (Å²) in [5, 5.41) is 12.4. The van der Waals surface area contributed by atoms with E-state index in [1.54, 1.807) is 6.92 Å². The van der Waals surface area contributed by atoms with Crippen LogP contribution in [0.2, 0.25) is 0 Å². The molecule has 2 rings (SSSR count). The Hall–Kier alpha value is -1.94. The predicted molar refractivity (Wildman–Crippen MR) is 88.9 cm³/mol. The van der Waals surface area contributed by atoms with Crippen LogP contribution in [0.15, 0.2) is 29.1 Å². The van der Waals surface area contributed by atoms with Gasteiger partial charge < -0.3 is 10.4 Å². The van der Waals surface area contributed by atoms with E-state index in [9.17, 15) is 17.9 Å². The summed E-state index contributed by atoms with van der Waals surface area (Å²) in [5.74, 6) is -1.20. The summed E-state index contributed by atoms with van der Waals surface area (Å²) in [5.41, 5.74) is 0.256. The molecule has 124 valence electrons. The van der Waals surface area contributed by atoms with Crippen LogP contribution in [-0.2, 0) is 10.0 Å². The van der Waals surface area contributed by atoms with Gasteiger partial charge in [-0.3, -0.25) is 4.31 Å². The molecule has 10 heteroatoms. The van der Waals surface area contributed by atoms with Gasteiger partial charge in [0, 0.05) is 24.9 Å². The van der Waals surface area contributed by atoms with Crippen molar-refractivity contribution in [3.8, 4) is 5.75 Å². The number of anilines is 3. The molecule has 0 aliphatic carbocycles. The van der Waals surface area contributed by atoms with Crippen LogP contribution in [-0.4, -0.2) is 36.3 Å². The second-order valence-corrected chi connectivity index (χ2v) is 7.35. The molecule has 0 fully saturated rings. The second-order valence-electron chi connectivity index (χ2n) is 4.59. The van der Waals surface area contributed by atoms with Crippen LogP contribution in [0.5, 0.6) is 5.75 Å². The first-order chi connectivity index (χ1) is 10.7. The first-order valence-corrected chi connectivity index (χ1v) is 9.11. The molecule has 1 heterocycles. The molecule has 1 aromatic heterocycles. The van der Waals surface area contributed by atoms with Crippen molar-refractivity contribution in [3.05, 3.63) is 34.9 Å². The lowest BCUT2D eigenvalue weighted by Gasteiger charge is -2.24. The molecular weight excluding hydrogens is 391 g/mol. The average molecular weight is 405 g/mol. The van der Waals surface area contributed by atoms with Crippen molar-refractivity contribution >= 4 is 43.1 Å². The van der Waals surface area contributed by atoms with Crippen LogP contribution in [0.1, 0.15) is 6.92 Å². The molecule has 0 amide bonds. The summed E-state index contributed by atoms with van der Waals surface area (Å²) in [6, 6.07) is 2.06. The third-order valence-electron chi connectivity index (χ3n) is 2.94. The zero-order chi connectivity index (χ0) is 17.2. The van der Waals surface area contributed by atoms with Crippen molar-refractivity contribution in [3.63, 3.8) is 0 Å². The number of aromatic nitrogens is 2. The summed E-state index contributed by atoms with van der Waals surface area (Å²) < 4.78 is 39.1. The molecule has 2 aromatic rings. The van der Waals surface area contributed by atoms with E-state index >= 15 is 0 Å². The minimum absolute atomic E-state index is 0.111. The molecule has 7 nitrogen and oxygen atoms in total. The number of halogens is 2. The smallest absolute Gasteiger partial charge is 0.232 e. The highest BCUT2D eigenvalue weighted by atomic mass is 79.9. The molecule has 0 unspecified atom stereocenters. The normalized spacial score (nSPS) is 11.3. The molecule has 0 atom stereocenters. The van der Waals surface area contributed by atoms with Gasteiger partial charge in [0.25, 0.3) is 0 Å². The third-order valence-corrected chi connectivity index (χ3v) is 4.78. The van der Waals surface area contributed by atoms with E-state index in [1.165, 1.54) is 12.5 Å². The van der Waals surface area contributed by atoms with Crippen molar-refractivity contribution in [2.75, 3.05) is 22.4 Å². The van der Waals surface area contributed by atoms with Crippen molar-refractivity contribution in [1.29, 1.82) is 0 Å². The number of rotatable bonds is 5. The van der Waals surface area contributed by atoms with Gasteiger partial charge in [-0.1, -0.05) is 0 Å². The molecule has 0 aliphatic rings. The van der Waals surface area contributed by atoms with Gasteiger partial charge in [-0.25, -0.2) is 22.8 Å². The van der Waals surface area contributed by atoms with Gasteiger partial charge in [-0.15, -0.1) is 0 Å². The zero-order valence-corrected chi connectivity index (χ0v) is 14.7. The number of aromatic hydroxyl groups is 1. The maximum Gasteiger partial charge on any atom is 0.232 e. The molecule has 0 radical (unpaired) electrons. The van der Waals surface area contributed by atoms with Gasteiger partial charge >= 0.3 is 0 Å². The lowest BCUT2D eigenvalue weighted by atomic mass is 10.2. The highest BCUT2D eigenvalue weighted by Gasteiger charge is 2.22. The van der Waals surface area contributed by atoms with Gasteiger partial charge in [0.15, 0.2) is 11.6 Å². The van der Waals surface area contributed by atoms with E-state index in [4.69, 9.17) is 0 Å². The van der Waals surface area contributed by atoms with Crippen LogP contribution < -0.4 is 9.62 Å². The maximum absolute atomic E-state index is 13.7. The van der Waals surface area contributed by atoms with E-state index in [1.807, 2.05) is 0 Å². The Kier molecular flexibility index (Phi) is 5.05. The summed E-state index contributed by atoms with van der Waals surface area (Å²) >= 11 is 3.24. The van der Waals surface area contributed by atoms with Crippen LogP contribution in [0.3, 0.4) is 0 Å². The Morgan fingerprint density at radius 2 is 2.13 bits per heavy atom. The molecule has 0 spiro atoms. The third kappa shape index (κ3) is 3.88. The first-order valence-electron chi connectivity index (χ1n) is 6.46. The van der Waals surface area contributed by atoms with Gasteiger partial charge in [0.05, 0.1) is 22.1 Å². The summed E-state index contributed by atoms with van der Waals surface area (Å²) in [6.45, 7) is 1.75. The minimum atomic E-state index is -3.61. The molecule has 0 aliphatic heterocycles. The fourth-order valence-electron chi connectivity index (χ4n) is 1.97. The average Bonchev–Trinajstić information content (AvgIpc) is 2.45. The molecule has 0 bridgehead atoms. The SMILES string of the molecule is CCN(c1cc(O)c(F)cc1Nc1ncncc1Br)S(C)(=O)=O. The summed E-state index contributed by atoms with van der Waals surface area (Å²) in [6.07, 6.45) is 3.80. The molecule has 23 heavy (non-hydrogen) atoms. The van der Waals surface area contributed by atoms with Crippen molar-refractivity contribution in [1.82, 2.24) is 9.97 Å². The topological polar surface area (TPSA) is 95.4 Å².